The van der Waals surface area contributed by atoms with Crippen molar-refractivity contribution in [3.05, 3.63) is 41.7 Å². The molecule has 1 aromatic carbocycles. The van der Waals surface area contributed by atoms with Gasteiger partial charge in [-0.25, -0.2) is 9.97 Å². The first-order chi connectivity index (χ1) is 13.0. The molecule has 0 spiro atoms. The Morgan fingerprint density at radius 3 is 2.81 bits per heavy atom. The number of fused-ring (bicyclic) bond motifs is 3. The second-order valence-electron chi connectivity index (χ2n) is 6.69. The van der Waals surface area contributed by atoms with Crippen LogP contribution < -0.4 is 15.4 Å². The van der Waals surface area contributed by atoms with Crippen LogP contribution in [0.4, 0.5) is 24.8 Å². The number of benzene rings is 1. The number of hydrogen-bond acceptors (Lipinski definition) is 6. The summed E-state index contributed by atoms with van der Waals surface area (Å²) in [5.41, 5.74) is 3.50. The molecule has 1 atom stereocenters. The van der Waals surface area contributed by atoms with Crippen LogP contribution in [0.25, 0.3) is 0 Å². The quantitative estimate of drug-likeness (QED) is 0.852. The molecule has 0 amide bonds. The molecule has 1 unspecified atom stereocenters. The molecule has 2 aliphatic rings. The Morgan fingerprint density at radius 1 is 1.22 bits per heavy atom. The molecular formula is C18H20F3N5O. The minimum absolute atomic E-state index is 0.0202. The predicted molar refractivity (Wildman–Crippen MR) is 94.2 cm³/mol. The molecule has 2 aliphatic heterocycles. The van der Waals surface area contributed by atoms with E-state index >= 15 is 0 Å². The van der Waals surface area contributed by atoms with E-state index in [1.54, 1.807) is 0 Å². The molecule has 1 fully saturated rings. The second-order valence-corrected chi connectivity index (χ2v) is 6.69. The molecule has 2 aromatic rings. The Hall–Kier alpha value is -2.39. The summed E-state index contributed by atoms with van der Waals surface area (Å²) in [7, 11) is 0. The summed E-state index contributed by atoms with van der Waals surface area (Å²) in [4.78, 5) is 10.5. The molecule has 1 aromatic heterocycles. The Kier molecular flexibility index (Phi) is 4.88. The van der Waals surface area contributed by atoms with Crippen LogP contribution in [0.2, 0.25) is 0 Å². The number of ether oxygens (including phenoxy) is 1. The van der Waals surface area contributed by atoms with E-state index in [-0.39, 0.29) is 5.75 Å². The van der Waals surface area contributed by atoms with Crippen LogP contribution in [0, 0.1) is 0 Å². The third-order valence-corrected chi connectivity index (χ3v) is 4.81. The van der Waals surface area contributed by atoms with Crippen LogP contribution in [-0.4, -0.2) is 53.8 Å². The first kappa shape index (κ1) is 18.0. The predicted octanol–water partition coefficient (Wildman–Crippen LogP) is 2.66. The zero-order valence-corrected chi connectivity index (χ0v) is 14.6. The minimum Gasteiger partial charge on any atom is -0.481 e. The van der Waals surface area contributed by atoms with Gasteiger partial charge in [0.2, 0.25) is 5.95 Å². The third-order valence-electron chi connectivity index (χ3n) is 4.81. The molecule has 6 nitrogen and oxygen atoms in total. The highest BCUT2D eigenvalue weighted by molar-refractivity contribution is 5.57. The average molecular weight is 379 g/mol. The number of nitrogens with zero attached hydrogens (tertiary/aromatic N) is 3. The van der Waals surface area contributed by atoms with Gasteiger partial charge in [-0.3, -0.25) is 4.90 Å². The van der Waals surface area contributed by atoms with Gasteiger partial charge in [-0.2, -0.15) is 13.2 Å². The van der Waals surface area contributed by atoms with Gasteiger partial charge in [0.05, 0.1) is 12.4 Å². The molecule has 0 saturated carbocycles. The summed E-state index contributed by atoms with van der Waals surface area (Å²) in [6.45, 7) is 2.75. The minimum atomic E-state index is -4.39. The molecule has 27 heavy (non-hydrogen) atoms. The lowest BCUT2D eigenvalue weighted by atomic mass is 9.91. The number of halogens is 3. The summed E-state index contributed by atoms with van der Waals surface area (Å²) in [6, 6.07) is 6.62. The zero-order valence-electron chi connectivity index (χ0n) is 14.6. The Morgan fingerprint density at radius 2 is 2.04 bits per heavy atom. The van der Waals surface area contributed by atoms with Crippen LogP contribution >= 0.6 is 0 Å². The summed E-state index contributed by atoms with van der Waals surface area (Å²) in [5.74, 6) is 0.291. The van der Waals surface area contributed by atoms with E-state index in [9.17, 15) is 13.2 Å². The van der Waals surface area contributed by atoms with Crippen molar-refractivity contribution in [2.45, 2.75) is 18.6 Å². The van der Waals surface area contributed by atoms with Gasteiger partial charge in [0.1, 0.15) is 0 Å². The van der Waals surface area contributed by atoms with Crippen molar-refractivity contribution in [3.8, 4) is 5.75 Å². The number of anilines is 2. The summed E-state index contributed by atoms with van der Waals surface area (Å²) >= 11 is 0. The van der Waals surface area contributed by atoms with Crippen molar-refractivity contribution < 1.29 is 17.9 Å². The summed E-state index contributed by atoms with van der Waals surface area (Å²) in [6.07, 6.45) is -0.938. The van der Waals surface area contributed by atoms with Gasteiger partial charge >= 0.3 is 6.18 Å². The van der Waals surface area contributed by atoms with Gasteiger partial charge in [-0.1, -0.05) is 6.07 Å². The molecule has 3 heterocycles. The van der Waals surface area contributed by atoms with Crippen molar-refractivity contribution in [1.82, 2.24) is 20.2 Å². The summed E-state index contributed by atoms with van der Waals surface area (Å²) < 4.78 is 41.1. The number of aromatic nitrogens is 2. The monoisotopic (exact) mass is 379 g/mol. The van der Waals surface area contributed by atoms with E-state index in [1.807, 2.05) is 6.07 Å². The van der Waals surface area contributed by atoms with Crippen LogP contribution in [0.3, 0.4) is 0 Å². The van der Waals surface area contributed by atoms with Crippen molar-refractivity contribution in [1.29, 1.82) is 0 Å². The van der Waals surface area contributed by atoms with Gasteiger partial charge in [-0.15, -0.1) is 0 Å². The maximum Gasteiger partial charge on any atom is 0.422 e. The Labute approximate surface area is 154 Å². The Balaban J connectivity index is 1.43. The smallest absolute Gasteiger partial charge is 0.422 e. The van der Waals surface area contributed by atoms with Crippen molar-refractivity contribution in [2.24, 2.45) is 0 Å². The maximum absolute atomic E-state index is 12.2. The van der Waals surface area contributed by atoms with Crippen LogP contribution in [0.1, 0.15) is 17.2 Å². The number of hydrogen-bond donors (Lipinski definition) is 2. The van der Waals surface area contributed by atoms with Gasteiger partial charge in [0.25, 0.3) is 0 Å². The van der Waals surface area contributed by atoms with Gasteiger partial charge in [0.15, 0.2) is 12.4 Å². The van der Waals surface area contributed by atoms with Gasteiger partial charge in [0, 0.05) is 37.9 Å². The fourth-order valence-electron chi connectivity index (χ4n) is 3.56. The molecule has 9 heteroatoms. The Bertz CT molecular complexity index is 797. The van der Waals surface area contributed by atoms with Gasteiger partial charge in [-0.05, 0) is 29.7 Å². The molecule has 2 N–H and O–H groups in total. The van der Waals surface area contributed by atoms with E-state index in [0.717, 1.165) is 38.3 Å². The van der Waals surface area contributed by atoms with E-state index in [1.165, 1.54) is 23.5 Å². The number of rotatable bonds is 4. The summed E-state index contributed by atoms with van der Waals surface area (Å²) in [5, 5.41) is 6.54. The zero-order chi connectivity index (χ0) is 18.9. The lowest BCUT2D eigenvalue weighted by Gasteiger charge is -2.41. The normalized spacial score (nSPS) is 19.9. The SMILES string of the molecule is FC(F)(F)COc1cnc(Nc2ccc3c(c2)CCN2CCNCC32)nc1. The third kappa shape index (κ3) is 4.30. The van der Waals surface area contributed by atoms with E-state index < -0.39 is 12.8 Å². The van der Waals surface area contributed by atoms with Crippen molar-refractivity contribution >= 4 is 11.6 Å². The first-order valence-electron chi connectivity index (χ1n) is 8.84. The molecule has 1 saturated heterocycles. The first-order valence-corrected chi connectivity index (χ1v) is 8.84. The van der Waals surface area contributed by atoms with Crippen LogP contribution in [0.15, 0.2) is 30.6 Å². The topological polar surface area (TPSA) is 62.3 Å². The lowest BCUT2D eigenvalue weighted by molar-refractivity contribution is -0.153. The number of nitrogens with one attached hydrogen (secondary N) is 2. The number of alkyl halides is 3. The molecule has 144 valence electrons. The van der Waals surface area contributed by atoms with E-state index in [0.29, 0.717) is 12.0 Å². The van der Waals surface area contributed by atoms with Crippen LogP contribution in [-0.2, 0) is 6.42 Å². The highest BCUT2D eigenvalue weighted by Crippen LogP contribution is 2.32. The van der Waals surface area contributed by atoms with Crippen molar-refractivity contribution in [3.63, 3.8) is 0 Å². The maximum atomic E-state index is 12.2. The van der Waals surface area contributed by atoms with E-state index in [2.05, 4.69) is 42.4 Å². The molecule has 0 aliphatic carbocycles. The molecule has 4 rings (SSSR count). The van der Waals surface area contributed by atoms with Crippen molar-refractivity contribution in [2.75, 3.05) is 38.1 Å². The largest absolute Gasteiger partial charge is 0.481 e. The average Bonchev–Trinajstić information content (AvgIpc) is 2.66. The number of piperazine rings is 1. The van der Waals surface area contributed by atoms with Gasteiger partial charge < -0.3 is 15.4 Å². The second kappa shape index (κ2) is 7.32. The molecule has 0 bridgehead atoms. The fraction of sp³-hybridized carbons (Fsp3) is 0.444. The highest BCUT2D eigenvalue weighted by atomic mass is 19.4. The van der Waals surface area contributed by atoms with E-state index in [4.69, 9.17) is 0 Å². The highest BCUT2D eigenvalue weighted by Gasteiger charge is 2.29. The standard InChI is InChI=1S/C18H20F3N5O/c19-18(20,21)11-27-14-8-23-17(24-9-14)25-13-1-2-15-12(7-13)3-5-26-6-4-22-10-16(15)26/h1-2,7-9,16,22H,3-6,10-11H2,(H,23,24,25). The molecule has 0 radical (unpaired) electrons. The van der Waals surface area contributed by atoms with Crippen LogP contribution in [0.5, 0.6) is 5.75 Å². The lowest BCUT2D eigenvalue weighted by Crippen LogP contribution is -2.48. The molecular weight excluding hydrogens is 359 g/mol. The fourth-order valence-corrected chi connectivity index (χ4v) is 3.56.